The lowest BCUT2D eigenvalue weighted by Crippen LogP contribution is -2.41. The Morgan fingerprint density at radius 2 is 1.69 bits per heavy atom. The molecule has 29 heavy (non-hydrogen) atoms. The molecule has 7 nitrogen and oxygen atoms in total. The highest BCUT2D eigenvalue weighted by molar-refractivity contribution is 7.89. The molecule has 1 saturated heterocycles. The van der Waals surface area contributed by atoms with Crippen molar-refractivity contribution in [2.24, 2.45) is 0 Å². The third kappa shape index (κ3) is 5.02. The molecule has 156 valence electrons. The van der Waals surface area contributed by atoms with Crippen molar-refractivity contribution in [3.05, 3.63) is 65.7 Å². The molecule has 1 fully saturated rings. The van der Waals surface area contributed by atoms with E-state index in [9.17, 15) is 13.2 Å². The summed E-state index contributed by atoms with van der Waals surface area (Å²) >= 11 is 0. The quantitative estimate of drug-likeness (QED) is 0.742. The first kappa shape index (κ1) is 21.4. The van der Waals surface area contributed by atoms with Crippen molar-refractivity contribution in [3.63, 3.8) is 0 Å². The van der Waals surface area contributed by atoms with Crippen LogP contribution in [-0.4, -0.2) is 70.5 Å². The third-order valence-corrected chi connectivity index (χ3v) is 6.94. The van der Waals surface area contributed by atoms with E-state index >= 15 is 0 Å². The topological polar surface area (TPSA) is 79.0 Å². The zero-order valence-electron chi connectivity index (χ0n) is 16.7. The largest absolute Gasteiger partial charge is 0.379 e. The van der Waals surface area contributed by atoms with Crippen LogP contribution in [0.15, 0.2) is 59.5 Å². The average Bonchev–Trinajstić information content (AvgIpc) is 2.75. The van der Waals surface area contributed by atoms with Crippen LogP contribution >= 0.6 is 0 Å². The molecule has 1 atom stereocenters. The van der Waals surface area contributed by atoms with Crippen LogP contribution in [0.1, 0.15) is 22.0 Å². The van der Waals surface area contributed by atoms with E-state index in [2.05, 4.69) is 5.32 Å². The molecule has 8 heteroatoms. The monoisotopic (exact) mass is 417 g/mol. The maximum absolute atomic E-state index is 13.1. The predicted octanol–water partition coefficient (Wildman–Crippen LogP) is 1.74. The minimum atomic E-state index is -3.76. The number of nitrogens with one attached hydrogen (secondary N) is 1. The summed E-state index contributed by atoms with van der Waals surface area (Å²) in [7, 11) is 0.128. The Balaban J connectivity index is 1.79. The molecule has 0 aromatic heterocycles. The average molecular weight is 418 g/mol. The lowest BCUT2D eigenvalue weighted by molar-refractivity contribution is 0.0729. The summed E-state index contributed by atoms with van der Waals surface area (Å²) in [5.41, 5.74) is 1.23. The molecule has 1 N–H and O–H groups in total. The van der Waals surface area contributed by atoms with E-state index in [1.165, 1.54) is 10.4 Å². The Kier molecular flexibility index (Phi) is 7.02. The summed E-state index contributed by atoms with van der Waals surface area (Å²) in [5, 5.41) is 2.91. The highest BCUT2D eigenvalue weighted by atomic mass is 32.2. The van der Waals surface area contributed by atoms with Gasteiger partial charge in [-0.25, -0.2) is 8.42 Å². The molecule has 2 aromatic carbocycles. The number of hydrogen-bond donors (Lipinski definition) is 1. The number of benzene rings is 2. The second kappa shape index (κ2) is 9.49. The van der Waals surface area contributed by atoms with Gasteiger partial charge >= 0.3 is 0 Å². The van der Waals surface area contributed by atoms with Gasteiger partial charge in [-0.05, 0) is 31.8 Å². The number of ether oxygens (including phenoxy) is 1. The van der Waals surface area contributed by atoms with Crippen molar-refractivity contribution >= 4 is 15.9 Å². The first-order valence-corrected chi connectivity index (χ1v) is 11.0. The normalized spacial score (nSPS) is 16.5. The number of sulfonamides is 1. The Labute approximate surface area is 172 Å². The summed E-state index contributed by atoms with van der Waals surface area (Å²) in [4.78, 5) is 15.0. The Morgan fingerprint density at radius 3 is 2.34 bits per heavy atom. The van der Waals surface area contributed by atoms with Crippen molar-refractivity contribution in [3.8, 4) is 0 Å². The van der Waals surface area contributed by atoms with E-state index < -0.39 is 15.9 Å². The smallest absolute Gasteiger partial charge is 0.252 e. The van der Waals surface area contributed by atoms with Crippen LogP contribution in [0, 0.1) is 0 Å². The molecule has 3 rings (SSSR count). The Morgan fingerprint density at radius 1 is 1.07 bits per heavy atom. The van der Waals surface area contributed by atoms with E-state index in [1.807, 2.05) is 49.3 Å². The minimum absolute atomic E-state index is 0.0248. The molecule has 2 aromatic rings. The maximum Gasteiger partial charge on any atom is 0.252 e. The van der Waals surface area contributed by atoms with Gasteiger partial charge in [0.2, 0.25) is 10.0 Å². The van der Waals surface area contributed by atoms with Gasteiger partial charge in [0.25, 0.3) is 5.91 Å². The fraction of sp³-hybridized carbons (Fsp3) is 0.381. The van der Waals surface area contributed by atoms with Crippen LogP contribution in [0.4, 0.5) is 0 Å². The van der Waals surface area contributed by atoms with E-state index in [0.29, 0.717) is 19.8 Å². The first-order chi connectivity index (χ1) is 13.9. The molecule has 1 aliphatic heterocycles. The summed E-state index contributed by atoms with van der Waals surface area (Å²) in [6, 6.07) is 16.2. The predicted molar refractivity (Wildman–Crippen MR) is 111 cm³/mol. The molecule has 0 aliphatic carbocycles. The van der Waals surface area contributed by atoms with Crippen LogP contribution in [0.5, 0.6) is 0 Å². The van der Waals surface area contributed by atoms with Gasteiger partial charge in [-0.15, -0.1) is 0 Å². The fourth-order valence-electron chi connectivity index (χ4n) is 3.36. The molecule has 1 heterocycles. The highest BCUT2D eigenvalue weighted by Crippen LogP contribution is 2.22. The van der Waals surface area contributed by atoms with Gasteiger partial charge in [0.15, 0.2) is 0 Å². The number of hydrogen-bond acceptors (Lipinski definition) is 5. The zero-order valence-corrected chi connectivity index (χ0v) is 17.6. The molecule has 1 aliphatic rings. The Bertz CT molecular complexity index is 926. The number of carbonyl (C=O) groups is 1. The summed E-state index contributed by atoms with van der Waals surface area (Å²) in [6.45, 7) is 1.65. The lowest BCUT2D eigenvalue weighted by atomic mass is 10.1. The van der Waals surface area contributed by atoms with Crippen LogP contribution < -0.4 is 5.32 Å². The van der Waals surface area contributed by atoms with E-state index in [-0.39, 0.29) is 29.6 Å². The number of morpholine rings is 1. The van der Waals surface area contributed by atoms with Crippen molar-refractivity contribution in [1.29, 1.82) is 0 Å². The SMILES string of the molecule is CN(C)C(CNC(=O)c1ccccc1S(=O)(=O)N1CCOCC1)c1ccccc1. The van der Waals surface area contributed by atoms with Crippen LogP contribution in [0.3, 0.4) is 0 Å². The van der Waals surface area contributed by atoms with Gasteiger partial charge < -0.3 is 15.0 Å². The molecule has 0 radical (unpaired) electrons. The van der Waals surface area contributed by atoms with E-state index in [4.69, 9.17) is 4.74 Å². The summed E-state index contributed by atoms with van der Waals surface area (Å²) in [6.07, 6.45) is 0. The number of amides is 1. The summed E-state index contributed by atoms with van der Waals surface area (Å²) in [5.74, 6) is -0.403. The molecule has 0 saturated carbocycles. The van der Waals surface area contributed by atoms with Crippen LogP contribution in [-0.2, 0) is 14.8 Å². The zero-order chi connectivity index (χ0) is 20.9. The van der Waals surface area contributed by atoms with Gasteiger partial charge in [0.1, 0.15) is 0 Å². The van der Waals surface area contributed by atoms with Gasteiger partial charge in [0.05, 0.1) is 29.7 Å². The first-order valence-electron chi connectivity index (χ1n) is 9.58. The molecule has 0 spiro atoms. The van der Waals surface area contributed by atoms with Crippen molar-refractivity contribution in [2.75, 3.05) is 46.9 Å². The van der Waals surface area contributed by atoms with Gasteiger partial charge in [-0.2, -0.15) is 4.31 Å². The molecule has 1 amide bonds. The van der Waals surface area contributed by atoms with Gasteiger partial charge in [-0.3, -0.25) is 4.79 Å². The fourth-order valence-corrected chi connectivity index (χ4v) is 4.96. The van der Waals surface area contributed by atoms with E-state index in [0.717, 1.165) is 5.56 Å². The molecule has 1 unspecified atom stereocenters. The van der Waals surface area contributed by atoms with Crippen LogP contribution in [0.2, 0.25) is 0 Å². The number of nitrogens with zero attached hydrogens (tertiary/aromatic N) is 2. The number of rotatable bonds is 7. The Hall–Kier alpha value is -2.26. The number of carbonyl (C=O) groups excluding carboxylic acids is 1. The summed E-state index contributed by atoms with van der Waals surface area (Å²) < 4.78 is 32.7. The lowest BCUT2D eigenvalue weighted by Gasteiger charge is -2.27. The third-order valence-electron chi connectivity index (χ3n) is 4.98. The second-order valence-electron chi connectivity index (χ2n) is 7.11. The maximum atomic E-state index is 13.1. The van der Waals surface area contributed by atoms with Gasteiger partial charge in [-0.1, -0.05) is 42.5 Å². The standard InChI is InChI=1S/C21H27N3O4S/c1-23(2)19(17-8-4-3-5-9-17)16-22-21(25)18-10-6-7-11-20(18)29(26,27)24-12-14-28-15-13-24/h3-11,19H,12-16H2,1-2H3,(H,22,25). The number of likely N-dealkylation sites (N-methyl/N-ethyl adjacent to an activating group) is 1. The van der Waals surface area contributed by atoms with Crippen molar-refractivity contribution in [1.82, 2.24) is 14.5 Å². The van der Waals surface area contributed by atoms with Crippen LogP contribution in [0.25, 0.3) is 0 Å². The van der Waals surface area contributed by atoms with E-state index in [1.54, 1.807) is 18.2 Å². The minimum Gasteiger partial charge on any atom is -0.379 e. The second-order valence-corrected chi connectivity index (χ2v) is 9.02. The highest BCUT2D eigenvalue weighted by Gasteiger charge is 2.30. The molecular formula is C21H27N3O4S. The van der Waals surface area contributed by atoms with Gasteiger partial charge in [0, 0.05) is 19.6 Å². The van der Waals surface area contributed by atoms with Crippen molar-refractivity contribution < 1.29 is 17.9 Å². The molecule has 0 bridgehead atoms. The van der Waals surface area contributed by atoms with Crippen molar-refractivity contribution in [2.45, 2.75) is 10.9 Å². The molecular weight excluding hydrogens is 390 g/mol.